The molecule has 0 radical (unpaired) electrons. The maximum Gasteiger partial charge on any atom is 0.273 e. The van der Waals surface area contributed by atoms with E-state index in [0.717, 1.165) is 18.2 Å². The molecule has 2 N–H and O–H groups in total. The molecule has 0 aliphatic carbocycles. The van der Waals surface area contributed by atoms with E-state index in [9.17, 15) is 14.5 Å². The first-order valence-corrected chi connectivity index (χ1v) is 7.14. The van der Waals surface area contributed by atoms with Crippen LogP contribution in [0.1, 0.15) is 25.5 Å². The minimum atomic E-state index is -0.531. The number of nitro benzene ring substituents is 1. The highest BCUT2D eigenvalue weighted by Gasteiger charge is 2.18. The van der Waals surface area contributed by atoms with Gasteiger partial charge in [0.2, 0.25) is 5.95 Å². The topological polar surface area (TPSA) is 99.9 Å². The number of hydrogen-bond donors (Lipinski definition) is 1. The van der Waals surface area contributed by atoms with E-state index in [1.165, 1.54) is 11.8 Å². The van der Waals surface area contributed by atoms with Crippen LogP contribution < -0.4 is 5.73 Å². The highest BCUT2D eigenvalue weighted by atomic mass is 32.2. The quantitative estimate of drug-likeness (QED) is 0.518. The molecule has 7 nitrogen and oxygen atoms in total. The number of rotatable bonds is 5. The van der Waals surface area contributed by atoms with Crippen molar-refractivity contribution >= 4 is 23.4 Å². The SMILES string of the molecule is CC(C)n1c(N)nnc1SCc1cc(F)ccc1[N+](=O)[O-]. The average molecular weight is 311 g/mol. The number of thioether (sulfide) groups is 1. The van der Waals surface area contributed by atoms with Gasteiger partial charge in [-0.2, -0.15) is 0 Å². The molecule has 1 heterocycles. The number of nitro groups is 1. The lowest BCUT2D eigenvalue weighted by atomic mass is 10.2. The molecule has 0 saturated carbocycles. The number of aromatic nitrogens is 3. The maximum absolute atomic E-state index is 13.3. The predicted molar refractivity (Wildman–Crippen MR) is 77.4 cm³/mol. The summed E-state index contributed by atoms with van der Waals surface area (Å²) in [5.41, 5.74) is 5.90. The fourth-order valence-electron chi connectivity index (χ4n) is 1.86. The van der Waals surface area contributed by atoms with Crippen molar-refractivity contribution in [2.45, 2.75) is 30.8 Å². The summed E-state index contributed by atoms with van der Waals surface area (Å²) in [6.45, 7) is 3.85. The van der Waals surface area contributed by atoms with Gasteiger partial charge in [0.15, 0.2) is 5.16 Å². The van der Waals surface area contributed by atoms with Crippen LogP contribution in [0.25, 0.3) is 0 Å². The Balaban J connectivity index is 2.25. The number of nitrogen functional groups attached to an aromatic ring is 1. The van der Waals surface area contributed by atoms with Crippen molar-refractivity contribution in [1.29, 1.82) is 0 Å². The van der Waals surface area contributed by atoms with Crippen molar-refractivity contribution in [3.8, 4) is 0 Å². The van der Waals surface area contributed by atoms with Crippen LogP contribution in [-0.4, -0.2) is 19.7 Å². The zero-order chi connectivity index (χ0) is 15.6. The molecule has 0 saturated heterocycles. The molecule has 2 rings (SSSR count). The summed E-state index contributed by atoms with van der Waals surface area (Å²) in [6.07, 6.45) is 0. The summed E-state index contributed by atoms with van der Waals surface area (Å²) in [5, 5.41) is 19.2. The van der Waals surface area contributed by atoms with Gasteiger partial charge in [-0.1, -0.05) is 11.8 Å². The third kappa shape index (κ3) is 3.30. The molecule has 0 amide bonds. The van der Waals surface area contributed by atoms with Gasteiger partial charge < -0.3 is 5.73 Å². The van der Waals surface area contributed by atoms with E-state index in [1.54, 1.807) is 4.57 Å². The van der Waals surface area contributed by atoms with Crippen molar-refractivity contribution in [3.05, 3.63) is 39.7 Å². The van der Waals surface area contributed by atoms with E-state index in [-0.39, 0.29) is 23.4 Å². The lowest BCUT2D eigenvalue weighted by Crippen LogP contribution is -2.07. The van der Waals surface area contributed by atoms with Gasteiger partial charge in [-0.15, -0.1) is 10.2 Å². The standard InChI is InChI=1S/C12H14FN5O2S/c1-7(2)17-11(14)15-16-12(17)21-6-8-5-9(13)3-4-10(8)18(19)20/h3-5,7H,6H2,1-2H3,(H2,14,15). The molecule has 21 heavy (non-hydrogen) atoms. The van der Waals surface area contributed by atoms with Gasteiger partial charge in [-0.05, 0) is 26.0 Å². The Bertz CT molecular complexity index is 674. The van der Waals surface area contributed by atoms with Crippen molar-refractivity contribution in [3.63, 3.8) is 0 Å². The zero-order valence-electron chi connectivity index (χ0n) is 11.5. The average Bonchev–Trinajstić information content (AvgIpc) is 2.77. The Kier molecular flexibility index (Phi) is 4.41. The van der Waals surface area contributed by atoms with E-state index in [0.29, 0.717) is 10.7 Å². The molecule has 0 aliphatic heterocycles. The number of hydrogen-bond acceptors (Lipinski definition) is 6. The number of nitrogens with two attached hydrogens (primary N) is 1. The largest absolute Gasteiger partial charge is 0.368 e. The molecular formula is C12H14FN5O2S. The molecule has 2 aromatic rings. The Morgan fingerprint density at radius 3 is 2.81 bits per heavy atom. The molecule has 1 aromatic carbocycles. The van der Waals surface area contributed by atoms with Crippen molar-refractivity contribution in [2.75, 3.05) is 5.73 Å². The van der Waals surface area contributed by atoms with Gasteiger partial charge in [-0.25, -0.2) is 4.39 Å². The Hall–Kier alpha value is -2.16. The van der Waals surface area contributed by atoms with Gasteiger partial charge in [-0.3, -0.25) is 14.7 Å². The van der Waals surface area contributed by atoms with Crippen LogP contribution in [0.4, 0.5) is 16.0 Å². The third-order valence-electron chi connectivity index (χ3n) is 2.80. The predicted octanol–water partition coefficient (Wildman–Crippen LogP) is 2.78. The molecule has 0 fully saturated rings. The van der Waals surface area contributed by atoms with E-state index >= 15 is 0 Å². The Morgan fingerprint density at radius 2 is 2.19 bits per heavy atom. The minimum absolute atomic E-state index is 0.0602. The number of halogens is 1. The van der Waals surface area contributed by atoms with Gasteiger partial charge in [0.05, 0.1) is 4.92 Å². The van der Waals surface area contributed by atoms with E-state index < -0.39 is 10.7 Å². The van der Waals surface area contributed by atoms with Crippen LogP contribution in [-0.2, 0) is 5.75 Å². The summed E-state index contributed by atoms with van der Waals surface area (Å²) in [7, 11) is 0. The molecule has 0 unspecified atom stereocenters. The van der Waals surface area contributed by atoms with Crippen LogP contribution in [0.2, 0.25) is 0 Å². The zero-order valence-corrected chi connectivity index (χ0v) is 12.3. The van der Waals surface area contributed by atoms with Gasteiger partial charge in [0.1, 0.15) is 5.82 Å². The van der Waals surface area contributed by atoms with Crippen LogP contribution >= 0.6 is 11.8 Å². The summed E-state index contributed by atoms with van der Waals surface area (Å²) < 4.78 is 15.0. The summed E-state index contributed by atoms with van der Waals surface area (Å²) in [5.74, 6) is -0.0267. The maximum atomic E-state index is 13.3. The van der Waals surface area contributed by atoms with E-state index in [4.69, 9.17) is 5.73 Å². The Morgan fingerprint density at radius 1 is 1.48 bits per heavy atom. The summed E-state index contributed by atoms with van der Waals surface area (Å²) >= 11 is 1.23. The number of nitrogens with zero attached hydrogens (tertiary/aromatic N) is 4. The van der Waals surface area contributed by atoms with Gasteiger partial charge in [0.25, 0.3) is 5.69 Å². The van der Waals surface area contributed by atoms with Crippen molar-refractivity contribution < 1.29 is 9.31 Å². The minimum Gasteiger partial charge on any atom is -0.368 e. The highest BCUT2D eigenvalue weighted by molar-refractivity contribution is 7.98. The monoisotopic (exact) mass is 311 g/mol. The smallest absolute Gasteiger partial charge is 0.273 e. The van der Waals surface area contributed by atoms with Crippen LogP contribution in [0.5, 0.6) is 0 Å². The molecule has 112 valence electrons. The van der Waals surface area contributed by atoms with Crippen molar-refractivity contribution in [1.82, 2.24) is 14.8 Å². The molecule has 0 aliphatic rings. The molecular weight excluding hydrogens is 297 g/mol. The number of anilines is 1. The van der Waals surface area contributed by atoms with Gasteiger partial charge in [0, 0.05) is 23.4 Å². The van der Waals surface area contributed by atoms with Crippen LogP contribution in [0, 0.1) is 15.9 Å². The highest BCUT2D eigenvalue weighted by Crippen LogP contribution is 2.29. The van der Waals surface area contributed by atoms with Crippen LogP contribution in [0.3, 0.4) is 0 Å². The Labute approximate surface area is 124 Å². The molecule has 9 heteroatoms. The summed E-state index contributed by atoms with van der Waals surface area (Å²) in [4.78, 5) is 10.4. The third-order valence-corrected chi connectivity index (χ3v) is 3.79. The van der Waals surface area contributed by atoms with Gasteiger partial charge >= 0.3 is 0 Å². The van der Waals surface area contributed by atoms with E-state index in [2.05, 4.69) is 10.2 Å². The lowest BCUT2D eigenvalue weighted by Gasteiger charge is -2.11. The first-order chi connectivity index (χ1) is 9.90. The fraction of sp³-hybridized carbons (Fsp3) is 0.333. The second-order valence-electron chi connectivity index (χ2n) is 4.62. The molecule has 1 aromatic heterocycles. The molecule has 0 spiro atoms. The lowest BCUT2D eigenvalue weighted by molar-refractivity contribution is -0.385. The second-order valence-corrected chi connectivity index (χ2v) is 5.57. The van der Waals surface area contributed by atoms with Crippen molar-refractivity contribution in [2.24, 2.45) is 0 Å². The molecule has 0 bridgehead atoms. The normalized spacial score (nSPS) is 11.0. The number of benzene rings is 1. The van der Waals surface area contributed by atoms with E-state index in [1.807, 2.05) is 13.8 Å². The fourth-order valence-corrected chi connectivity index (χ4v) is 2.92. The first kappa shape index (κ1) is 15.2. The van der Waals surface area contributed by atoms with Crippen LogP contribution in [0.15, 0.2) is 23.4 Å². The first-order valence-electron chi connectivity index (χ1n) is 6.16. The summed E-state index contributed by atoms with van der Waals surface area (Å²) in [6, 6.07) is 3.45. The second kappa shape index (κ2) is 6.08. The molecule has 0 atom stereocenters.